The van der Waals surface area contributed by atoms with E-state index in [1.807, 2.05) is 0 Å². The van der Waals surface area contributed by atoms with E-state index >= 15 is 0 Å². The summed E-state index contributed by atoms with van der Waals surface area (Å²) in [6.45, 7) is 1.48. The van der Waals surface area contributed by atoms with Crippen molar-refractivity contribution >= 4 is 24.5 Å². The van der Waals surface area contributed by atoms with Gasteiger partial charge in [0, 0.05) is 4.90 Å². The van der Waals surface area contributed by atoms with Crippen LogP contribution >= 0.6 is 12.6 Å². The van der Waals surface area contributed by atoms with Gasteiger partial charge in [-0.2, -0.15) is 0 Å². The number of allylic oxidation sites excluding steroid dienone is 1. The number of ketones is 1. The molecule has 1 N–H and O–H groups in total. The second kappa shape index (κ2) is 4.14. The predicted molar refractivity (Wildman–Crippen MR) is 55.1 cm³/mol. The number of aromatic hydroxyl groups is 1. The van der Waals surface area contributed by atoms with Crippen molar-refractivity contribution in [1.29, 1.82) is 0 Å². The molecule has 1 aromatic rings. The Bertz CT molecular complexity index is 356. The normalized spacial score (nSPS) is 10.6. The van der Waals surface area contributed by atoms with E-state index in [1.165, 1.54) is 13.0 Å². The summed E-state index contributed by atoms with van der Waals surface area (Å²) in [7, 11) is 0. The Morgan fingerprint density at radius 1 is 1.54 bits per heavy atom. The molecule has 0 unspecified atom stereocenters. The molecule has 0 atom stereocenters. The lowest BCUT2D eigenvalue weighted by Gasteiger charge is -1.98. The van der Waals surface area contributed by atoms with Gasteiger partial charge in [0.15, 0.2) is 5.78 Å². The van der Waals surface area contributed by atoms with Gasteiger partial charge in [0.05, 0.1) is 0 Å². The second-order valence-electron chi connectivity index (χ2n) is 2.69. The van der Waals surface area contributed by atoms with Crippen LogP contribution in [0.3, 0.4) is 0 Å². The Morgan fingerprint density at radius 2 is 2.23 bits per heavy atom. The van der Waals surface area contributed by atoms with Gasteiger partial charge in [-0.25, -0.2) is 0 Å². The molecule has 2 nitrogen and oxygen atoms in total. The summed E-state index contributed by atoms with van der Waals surface area (Å²) in [4.78, 5) is 11.1. The molecule has 0 heterocycles. The molecule has 1 rings (SSSR count). The zero-order valence-corrected chi connectivity index (χ0v) is 8.08. The lowest BCUT2D eigenvalue weighted by Crippen LogP contribution is -1.80. The first-order chi connectivity index (χ1) is 6.09. The largest absolute Gasteiger partial charge is 0.507 e. The SMILES string of the molecule is CC(=O)/C=C/c1ccc(S)c(O)c1. The van der Waals surface area contributed by atoms with Crippen molar-refractivity contribution in [3.63, 3.8) is 0 Å². The summed E-state index contributed by atoms with van der Waals surface area (Å²) >= 11 is 4.01. The highest BCUT2D eigenvalue weighted by molar-refractivity contribution is 7.80. The van der Waals surface area contributed by atoms with Crippen LogP contribution in [0.1, 0.15) is 12.5 Å². The Kier molecular flexibility index (Phi) is 3.14. The molecule has 0 saturated heterocycles. The summed E-state index contributed by atoms with van der Waals surface area (Å²) < 4.78 is 0. The maximum atomic E-state index is 10.6. The molecule has 0 bridgehead atoms. The van der Waals surface area contributed by atoms with Crippen molar-refractivity contribution in [2.75, 3.05) is 0 Å². The third-order valence-corrected chi connectivity index (χ3v) is 1.89. The van der Waals surface area contributed by atoms with Crippen molar-refractivity contribution in [2.45, 2.75) is 11.8 Å². The second-order valence-corrected chi connectivity index (χ2v) is 3.17. The van der Waals surface area contributed by atoms with Gasteiger partial charge in [0.25, 0.3) is 0 Å². The fraction of sp³-hybridized carbons (Fsp3) is 0.100. The van der Waals surface area contributed by atoms with Gasteiger partial charge < -0.3 is 5.11 Å². The Hall–Kier alpha value is -1.22. The summed E-state index contributed by atoms with van der Waals surface area (Å²) in [6, 6.07) is 5.02. The molecule has 0 aliphatic rings. The first-order valence-electron chi connectivity index (χ1n) is 3.80. The van der Waals surface area contributed by atoms with E-state index in [2.05, 4.69) is 12.6 Å². The fourth-order valence-electron chi connectivity index (χ4n) is 0.858. The van der Waals surface area contributed by atoms with Gasteiger partial charge in [0.2, 0.25) is 0 Å². The highest BCUT2D eigenvalue weighted by Gasteiger charge is 1.95. The fourth-order valence-corrected chi connectivity index (χ4v) is 0.997. The number of phenolic OH excluding ortho intramolecular Hbond substituents is 1. The average Bonchev–Trinajstić information content (AvgIpc) is 2.07. The minimum atomic E-state index is -0.0190. The predicted octanol–water partition coefficient (Wildman–Crippen LogP) is 2.28. The first kappa shape index (κ1) is 9.86. The summed E-state index contributed by atoms with van der Waals surface area (Å²) in [6.07, 6.45) is 3.10. The smallest absolute Gasteiger partial charge is 0.152 e. The number of hydrogen-bond donors (Lipinski definition) is 2. The molecule has 3 heteroatoms. The lowest BCUT2D eigenvalue weighted by atomic mass is 10.2. The molecule has 68 valence electrons. The number of hydrogen-bond acceptors (Lipinski definition) is 3. The van der Waals surface area contributed by atoms with Crippen LogP contribution in [0, 0.1) is 0 Å². The van der Waals surface area contributed by atoms with E-state index in [4.69, 9.17) is 0 Å². The molecule has 1 aromatic carbocycles. The van der Waals surface area contributed by atoms with Gasteiger partial charge in [-0.15, -0.1) is 12.6 Å². The monoisotopic (exact) mass is 194 g/mol. The molecule has 0 aliphatic carbocycles. The highest BCUT2D eigenvalue weighted by Crippen LogP contribution is 2.22. The van der Waals surface area contributed by atoms with Gasteiger partial charge in [-0.1, -0.05) is 12.1 Å². The van der Waals surface area contributed by atoms with Gasteiger partial charge in [-0.3, -0.25) is 4.79 Å². The van der Waals surface area contributed by atoms with E-state index in [-0.39, 0.29) is 11.5 Å². The van der Waals surface area contributed by atoms with Crippen LogP contribution in [-0.4, -0.2) is 10.9 Å². The zero-order valence-electron chi connectivity index (χ0n) is 7.19. The number of carbonyl (C=O) groups is 1. The van der Waals surface area contributed by atoms with Crippen LogP contribution in [0.2, 0.25) is 0 Å². The Balaban J connectivity index is 2.92. The maximum Gasteiger partial charge on any atom is 0.152 e. The molecule has 0 amide bonds. The zero-order chi connectivity index (χ0) is 9.84. The molecule has 0 fully saturated rings. The number of benzene rings is 1. The minimum Gasteiger partial charge on any atom is -0.507 e. The third-order valence-electron chi connectivity index (χ3n) is 1.51. The standard InChI is InChI=1S/C10H10O2S/c1-7(11)2-3-8-4-5-10(13)9(12)6-8/h2-6,12-13H,1H3/b3-2+. The van der Waals surface area contributed by atoms with Crippen LogP contribution in [-0.2, 0) is 4.79 Å². The molecule has 0 spiro atoms. The molecule has 0 saturated carbocycles. The van der Waals surface area contributed by atoms with Gasteiger partial charge >= 0.3 is 0 Å². The van der Waals surface area contributed by atoms with Crippen LogP contribution < -0.4 is 0 Å². The van der Waals surface area contributed by atoms with Crippen molar-refractivity contribution in [2.24, 2.45) is 0 Å². The first-order valence-corrected chi connectivity index (χ1v) is 4.25. The van der Waals surface area contributed by atoms with Gasteiger partial charge in [-0.05, 0) is 30.7 Å². The average molecular weight is 194 g/mol. The molecule has 13 heavy (non-hydrogen) atoms. The molecule has 0 aliphatic heterocycles. The van der Waals surface area contributed by atoms with Crippen LogP contribution in [0.15, 0.2) is 29.2 Å². The topological polar surface area (TPSA) is 37.3 Å². The molecular formula is C10H10O2S. The van der Waals surface area contributed by atoms with E-state index in [0.29, 0.717) is 4.90 Å². The molecule has 0 aromatic heterocycles. The van der Waals surface area contributed by atoms with E-state index in [9.17, 15) is 9.90 Å². The maximum absolute atomic E-state index is 10.6. The summed E-state index contributed by atoms with van der Waals surface area (Å²) in [5.41, 5.74) is 0.783. The van der Waals surface area contributed by atoms with E-state index in [0.717, 1.165) is 5.56 Å². The van der Waals surface area contributed by atoms with Crippen LogP contribution in [0.5, 0.6) is 5.75 Å². The van der Waals surface area contributed by atoms with Crippen molar-refractivity contribution in [1.82, 2.24) is 0 Å². The Morgan fingerprint density at radius 3 is 2.77 bits per heavy atom. The number of rotatable bonds is 2. The lowest BCUT2D eigenvalue weighted by molar-refractivity contribution is -0.112. The third kappa shape index (κ3) is 2.95. The highest BCUT2D eigenvalue weighted by atomic mass is 32.1. The van der Waals surface area contributed by atoms with E-state index in [1.54, 1.807) is 24.3 Å². The quantitative estimate of drug-likeness (QED) is 0.560. The summed E-state index contributed by atoms with van der Waals surface area (Å²) in [5.74, 6) is 0.100. The molecule has 0 radical (unpaired) electrons. The molecular weight excluding hydrogens is 184 g/mol. The van der Waals surface area contributed by atoms with Crippen LogP contribution in [0.25, 0.3) is 6.08 Å². The number of thiol groups is 1. The van der Waals surface area contributed by atoms with Gasteiger partial charge in [0.1, 0.15) is 5.75 Å². The van der Waals surface area contributed by atoms with Crippen molar-refractivity contribution < 1.29 is 9.90 Å². The van der Waals surface area contributed by atoms with Crippen molar-refractivity contribution in [3.8, 4) is 5.75 Å². The van der Waals surface area contributed by atoms with Crippen molar-refractivity contribution in [3.05, 3.63) is 29.8 Å². The summed E-state index contributed by atoms with van der Waals surface area (Å²) in [5, 5.41) is 9.27. The number of phenols is 1. The van der Waals surface area contributed by atoms with Crippen LogP contribution in [0.4, 0.5) is 0 Å². The Labute approximate surface area is 82.3 Å². The number of carbonyl (C=O) groups excluding carboxylic acids is 1. The van der Waals surface area contributed by atoms with E-state index < -0.39 is 0 Å². The minimum absolute atomic E-state index is 0.0190.